The second kappa shape index (κ2) is 2.66. The topological polar surface area (TPSA) is 48.4 Å². The molecule has 0 aromatic carbocycles. The molecule has 0 aliphatic rings. The van der Waals surface area contributed by atoms with Crippen LogP contribution in [0.2, 0.25) is 0 Å². The van der Waals surface area contributed by atoms with E-state index in [1.165, 1.54) is 0 Å². The molecule has 0 fully saturated rings. The van der Waals surface area contributed by atoms with Gasteiger partial charge in [-0.25, -0.2) is 5.90 Å². The molecule has 0 bridgehead atoms. The molecule has 1 aromatic rings. The van der Waals surface area contributed by atoms with Crippen molar-refractivity contribution in [2.75, 3.05) is 0 Å². The van der Waals surface area contributed by atoms with Crippen molar-refractivity contribution < 1.29 is 9.25 Å². The van der Waals surface area contributed by atoms with Crippen molar-refractivity contribution in [1.82, 2.24) is 0 Å². The van der Waals surface area contributed by atoms with Gasteiger partial charge in [0.15, 0.2) is 0 Å². The maximum Gasteiger partial charge on any atom is 0.131 e. The van der Waals surface area contributed by atoms with Crippen LogP contribution < -0.4 is 5.90 Å². The van der Waals surface area contributed by atoms with Crippen LogP contribution in [0.3, 0.4) is 0 Å². The third-order valence-electron chi connectivity index (χ3n) is 1.02. The first kappa shape index (κ1) is 6.32. The van der Waals surface area contributed by atoms with Crippen LogP contribution in [-0.4, -0.2) is 0 Å². The molecule has 1 aromatic heterocycles. The smallest absolute Gasteiger partial charge is 0.131 e. The molecule has 50 valence electrons. The van der Waals surface area contributed by atoms with Crippen LogP contribution in [0.4, 0.5) is 0 Å². The van der Waals surface area contributed by atoms with Gasteiger partial charge in [0.1, 0.15) is 18.1 Å². The Hall–Kier alpha value is -0.800. The summed E-state index contributed by atoms with van der Waals surface area (Å²) < 4.78 is 5.12. The third kappa shape index (κ3) is 1.55. The van der Waals surface area contributed by atoms with Crippen LogP contribution in [0.25, 0.3) is 0 Å². The Labute approximate surface area is 53.4 Å². The van der Waals surface area contributed by atoms with Crippen molar-refractivity contribution in [3.8, 4) is 0 Å². The molecule has 3 heteroatoms. The van der Waals surface area contributed by atoms with Gasteiger partial charge in [0.2, 0.25) is 0 Å². The zero-order chi connectivity index (χ0) is 6.69. The van der Waals surface area contributed by atoms with Gasteiger partial charge in [0.25, 0.3) is 0 Å². The molecule has 0 saturated heterocycles. The lowest BCUT2D eigenvalue weighted by molar-refractivity contribution is 0.108. The highest BCUT2D eigenvalue weighted by atomic mass is 16.6. The molecule has 0 atom stereocenters. The summed E-state index contributed by atoms with van der Waals surface area (Å²) in [7, 11) is 0. The Balaban J connectivity index is 2.61. The Morgan fingerprint density at radius 1 is 1.67 bits per heavy atom. The molecule has 0 saturated carbocycles. The van der Waals surface area contributed by atoms with Gasteiger partial charge in [-0.3, -0.25) is 4.84 Å². The van der Waals surface area contributed by atoms with Gasteiger partial charge < -0.3 is 4.42 Å². The summed E-state index contributed by atoms with van der Waals surface area (Å²) in [4.78, 5) is 4.35. The van der Waals surface area contributed by atoms with Gasteiger partial charge in [-0.2, -0.15) is 0 Å². The zero-order valence-electron chi connectivity index (χ0n) is 5.26. The van der Waals surface area contributed by atoms with Crippen molar-refractivity contribution >= 4 is 0 Å². The summed E-state index contributed by atoms with van der Waals surface area (Å²) in [6, 6.07) is 3.70. The predicted octanol–water partition coefficient (Wildman–Crippen LogP) is 0.978. The van der Waals surface area contributed by atoms with Gasteiger partial charge >= 0.3 is 0 Å². The largest absolute Gasteiger partial charge is 0.464 e. The van der Waals surface area contributed by atoms with Gasteiger partial charge in [-0.05, 0) is 19.1 Å². The van der Waals surface area contributed by atoms with E-state index >= 15 is 0 Å². The highest BCUT2D eigenvalue weighted by Gasteiger charge is 1.94. The van der Waals surface area contributed by atoms with Crippen LogP contribution in [0.15, 0.2) is 16.5 Å². The van der Waals surface area contributed by atoms with E-state index in [2.05, 4.69) is 4.84 Å². The third-order valence-corrected chi connectivity index (χ3v) is 1.02. The molecule has 0 aliphatic heterocycles. The molecule has 0 amide bonds. The quantitative estimate of drug-likeness (QED) is 0.602. The van der Waals surface area contributed by atoms with E-state index in [1.54, 1.807) is 0 Å². The first-order valence-electron chi connectivity index (χ1n) is 2.70. The minimum absolute atomic E-state index is 0.341. The Kier molecular flexibility index (Phi) is 1.87. The van der Waals surface area contributed by atoms with E-state index in [0.717, 1.165) is 11.5 Å². The Morgan fingerprint density at radius 2 is 2.44 bits per heavy atom. The average Bonchev–Trinajstić information content (AvgIpc) is 2.17. The lowest BCUT2D eigenvalue weighted by atomic mass is 10.4. The molecule has 0 aliphatic carbocycles. The first-order valence-corrected chi connectivity index (χ1v) is 2.70. The van der Waals surface area contributed by atoms with Crippen molar-refractivity contribution in [1.29, 1.82) is 0 Å². The normalized spacial score (nSPS) is 10.0. The van der Waals surface area contributed by atoms with Gasteiger partial charge in [-0.1, -0.05) is 0 Å². The van der Waals surface area contributed by atoms with Crippen LogP contribution in [0, 0.1) is 6.92 Å². The van der Waals surface area contributed by atoms with E-state index in [1.807, 2.05) is 19.1 Å². The van der Waals surface area contributed by atoms with Crippen LogP contribution >= 0.6 is 0 Å². The van der Waals surface area contributed by atoms with Crippen molar-refractivity contribution in [2.45, 2.75) is 13.5 Å². The Morgan fingerprint density at radius 3 is 2.89 bits per heavy atom. The van der Waals surface area contributed by atoms with E-state index in [9.17, 15) is 0 Å². The van der Waals surface area contributed by atoms with Crippen molar-refractivity contribution in [3.05, 3.63) is 23.7 Å². The van der Waals surface area contributed by atoms with E-state index in [0.29, 0.717) is 6.61 Å². The maximum absolute atomic E-state index is 5.12. The first-order chi connectivity index (χ1) is 4.33. The van der Waals surface area contributed by atoms with Crippen LogP contribution in [0.5, 0.6) is 0 Å². The highest BCUT2D eigenvalue weighted by molar-refractivity contribution is 5.04. The molecular weight excluding hydrogens is 118 g/mol. The van der Waals surface area contributed by atoms with Gasteiger partial charge in [0, 0.05) is 0 Å². The fraction of sp³-hybridized carbons (Fsp3) is 0.333. The van der Waals surface area contributed by atoms with E-state index < -0.39 is 0 Å². The van der Waals surface area contributed by atoms with Crippen LogP contribution in [-0.2, 0) is 11.4 Å². The summed E-state index contributed by atoms with van der Waals surface area (Å²) in [6.07, 6.45) is 0. The molecule has 3 nitrogen and oxygen atoms in total. The number of rotatable bonds is 2. The molecule has 0 unspecified atom stereocenters. The number of nitrogens with two attached hydrogens (primary N) is 1. The predicted molar refractivity (Wildman–Crippen MR) is 32.4 cm³/mol. The molecule has 2 N–H and O–H groups in total. The molecule has 0 spiro atoms. The Bertz CT molecular complexity index is 183. The fourth-order valence-electron chi connectivity index (χ4n) is 0.645. The van der Waals surface area contributed by atoms with Gasteiger partial charge in [0.05, 0.1) is 0 Å². The number of hydrogen-bond acceptors (Lipinski definition) is 3. The van der Waals surface area contributed by atoms with Crippen molar-refractivity contribution in [3.63, 3.8) is 0 Å². The molecule has 0 radical (unpaired) electrons. The molecule has 1 rings (SSSR count). The zero-order valence-corrected chi connectivity index (χ0v) is 5.26. The average molecular weight is 127 g/mol. The maximum atomic E-state index is 5.12. The minimum Gasteiger partial charge on any atom is -0.464 e. The molecule has 9 heavy (non-hydrogen) atoms. The summed E-state index contributed by atoms with van der Waals surface area (Å²) >= 11 is 0. The van der Waals surface area contributed by atoms with E-state index in [-0.39, 0.29) is 0 Å². The lowest BCUT2D eigenvalue weighted by Crippen LogP contribution is -1.96. The summed E-state index contributed by atoms with van der Waals surface area (Å²) in [5.41, 5.74) is 0. The summed E-state index contributed by atoms with van der Waals surface area (Å²) in [5, 5.41) is 0. The molecular formula is C6H9NO2. The number of aryl methyl sites for hydroxylation is 1. The second-order valence-corrected chi connectivity index (χ2v) is 1.82. The highest BCUT2D eigenvalue weighted by Crippen LogP contribution is 2.05. The fourth-order valence-corrected chi connectivity index (χ4v) is 0.645. The number of furan rings is 1. The monoisotopic (exact) mass is 127 g/mol. The SMILES string of the molecule is Cc1ccc(CON)o1. The lowest BCUT2D eigenvalue weighted by Gasteiger charge is -1.89. The van der Waals surface area contributed by atoms with Gasteiger partial charge in [-0.15, -0.1) is 0 Å². The standard InChI is InChI=1S/C6H9NO2/c1-5-2-3-6(9-5)4-8-7/h2-3H,4,7H2,1H3. The second-order valence-electron chi connectivity index (χ2n) is 1.82. The summed E-state index contributed by atoms with van der Waals surface area (Å²) in [5.74, 6) is 6.45. The minimum atomic E-state index is 0.341. The van der Waals surface area contributed by atoms with Crippen molar-refractivity contribution in [2.24, 2.45) is 5.90 Å². The summed E-state index contributed by atoms with van der Waals surface area (Å²) in [6.45, 7) is 2.22. The number of hydrogen-bond donors (Lipinski definition) is 1. The molecule has 1 heterocycles. The van der Waals surface area contributed by atoms with Crippen LogP contribution in [0.1, 0.15) is 11.5 Å². The van der Waals surface area contributed by atoms with E-state index in [4.69, 9.17) is 10.3 Å².